The van der Waals surface area contributed by atoms with E-state index in [1.807, 2.05) is 37.6 Å². The number of carbonyl (C=O) groups excluding carboxylic acids is 1. The number of benzene rings is 1. The van der Waals surface area contributed by atoms with Gasteiger partial charge in [-0.25, -0.2) is 9.78 Å². The third-order valence-electron chi connectivity index (χ3n) is 3.79. The topological polar surface area (TPSA) is 48.5 Å². The highest BCUT2D eigenvalue weighted by Gasteiger charge is 2.14. The number of likely N-dealkylation sites (N-methyl/N-ethyl adjacent to an activating group) is 1. The summed E-state index contributed by atoms with van der Waals surface area (Å²) in [6.45, 7) is 5.18. The number of amides is 2. The summed E-state index contributed by atoms with van der Waals surface area (Å²) in [4.78, 5) is 20.4. The molecule has 0 saturated carbocycles. The smallest absolute Gasteiger partial charge is 0.317 e. The van der Waals surface area contributed by atoms with Gasteiger partial charge in [0.05, 0.1) is 17.2 Å². The molecule has 1 N–H and O–H groups in total. The molecule has 0 radical (unpaired) electrons. The maximum Gasteiger partial charge on any atom is 0.317 e. The summed E-state index contributed by atoms with van der Waals surface area (Å²) < 4.78 is 0. The highest BCUT2D eigenvalue weighted by atomic mass is 32.1. The van der Waals surface area contributed by atoms with Gasteiger partial charge in [-0.15, -0.1) is 11.3 Å². The first kappa shape index (κ1) is 17.3. The lowest BCUT2D eigenvalue weighted by Crippen LogP contribution is -2.44. The van der Waals surface area contributed by atoms with E-state index >= 15 is 0 Å². The number of para-hydroxylation sites is 1. The van der Waals surface area contributed by atoms with Gasteiger partial charge in [-0.1, -0.05) is 18.2 Å². The molecule has 1 heterocycles. The van der Waals surface area contributed by atoms with Crippen LogP contribution in [0.4, 0.5) is 10.5 Å². The Hall–Kier alpha value is -2.08. The predicted molar refractivity (Wildman–Crippen MR) is 96.0 cm³/mol. The molecular weight excluding hydrogens is 308 g/mol. The highest BCUT2D eigenvalue weighted by molar-refractivity contribution is 7.09. The van der Waals surface area contributed by atoms with E-state index in [1.54, 1.807) is 23.3 Å². The van der Waals surface area contributed by atoms with E-state index in [4.69, 9.17) is 0 Å². The number of urea groups is 1. The Morgan fingerprint density at radius 2 is 2.00 bits per heavy atom. The first-order chi connectivity index (χ1) is 11.0. The quantitative estimate of drug-likeness (QED) is 0.884. The summed E-state index contributed by atoms with van der Waals surface area (Å²) >= 11 is 1.60. The number of hydrogen-bond donors (Lipinski definition) is 1. The van der Waals surface area contributed by atoms with Gasteiger partial charge in [0.15, 0.2) is 0 Å². The van der Waals surface area contributed by atoms with E-state index in [2.05, 4.69) is 34.3 Å². The number of hydrogen-bond acceptors (Lipinski definition) is 4. The van der Waals surface area contributed by atoms with E-state index in [9.17, 15) is 4.79 Å². The van der Waals surface area contributed by atoms with Crippen molar-refractivity contribution in [2.75, 3.05) is 25.5 Å². The van der Waals surface area contributed by atoms with Crippen LogP contribution in [0.3, 0.4) is 0 Å². The fourth-order valence-electron chi connectivity index (χ4n) is 2.22. The zero-order valence-electron chi connectivity index (χ0n) is 14.1. The van der Waals surface area contributed by atoms with E-state index < -0.39 is 0 Å². The summed E-state index contributed by atoms with van der Waals surface area (Å²) in [6.07, 6.45) is 0. The molecule has 0 aliphatic carbocycles. The van der Waals surface area contributed by atoms with Crippen LogP contribution in [0, 0.1) is 6.92 Å². The van der Waals surface area contributed by atoms with Crippen molar-refractivity contribution in [2.24, 2.45) is 0 Å². The molecule has 0 aliphatic heterocycles. The average Bonchev–Trinajstić information content (AvgIpc) is 2.97. The summed E-state index contributed by atoms with van der Waals surface area (Å²) in [5, 5.41) is 5.99. The number of nitrogens with zero attached hydrogens (tertiary/aromatic N) is 3. The van der Waals surface area contributed by atoms with E-state index in [0.717, 1.165) is 16.4 Å². The zero-order valence-corrected chi connectivity index (χ0v) is 14.9. The number of thiazole rings is 1. The Morgan fingerprint density at radius 3 is 2.61 bits per heavy atom. The molecule has 2 rings (SSSR count). The van der Waals surface area contributed by atoms with Crippen LogP contribution < -0.4 is 10.2 Å². The van der Waals surface area contributed by atoms with Gasteiger partial charge in [-0.05, 0) is 26.0 Å². The Balaban J connectivity index is 1.81. The number of nitrogens with one attached hydrogen (secondary N) is 1. The maximum atomic E-state index is 12.2. The maximum absolute atomic E-state index is 12.2. The summed E-state index contributed by atoms with van der Waals surface area (Å²) in [7, 11) is 3.82. The van der Waals surface area contributed by atoms with Gasteiger partial charge in [0.25, 0.3) is 0 Å². The number of aromatic nitrogens is 1. The molecule has 0 saturated heterocycles. The standard InChI is InChI=1S/C17H24N4OS/c1-13(21(4)16-8-6-5-7-9-16)10-18-17(22)20(3)11-15-12-23-14(2)19-15/h5-9,12-13H,10-11H2,1-4H3,(H,18,22). The average molecular weight is 332 g/mol. The molecule has 1 aromatic heterocycles. The van der Waals surface area contributed by atoms with Crippen molar-refractivity contribution in [1.82, 2.24) is 15.2 Å². The molecule has 0 spiro atoms. The van der Waals surface area contributed by atoms with Crippen LogP contribution in [-0.4, -0.2) is 42.6 Å². The molecule has 2 amide bonds. The summed E-state index contributed by atoms with van der Waals surface area (Å²) in [6, 6.07) is 10.3. The van der Waals surface area contributed by atoms with E-state index in [1.165, 1.54) is 0 Å². The first-order valence-corrected chi connectivity index (χ1v) is 8.53. The van der Waals surface area contributed by atoms with Crippen molar-refractivity contribution >= 4 is 23.1 Å². The van der Waals surface area contributed by atoms with Gasteiger partial charge in [-0.3, -0.25) is 0 Å². The van der Waals surface area contributed by atoms with Gasteiger partial charge < -0.3 is 15.1 Å². The molecule has 2 aromatic rings. The van der Waals surface area contributed by atoms with Crippen LogP contribution in [0.2, 0.25) is 0 Å². The lowest BCUT2D eigenvalue weighted by atomic mass is 10.2. The summed E-state index contributed by atoms with van der Waals surface area (Å²) in [5.41, 5.74) is 2.07. The number of aryl methyl sites for hydroxylation is 1. The molecular formula is C17H24N4OS. The van der Waals surface area contributed by atoms with Crippen LogP contribution in [0.1, 0.15) is 17.6 Å². The molecule has 6 heteroatoms. The fourth-order valence-corrected chi connectivity index (χ4v) is 2.82. The van der Waals surface area contributed by atoms with Crippen molar-refractivity contribution in [3.05, 3.63) is 46.4 Å². The van der Waals surface area contributed by atoms with Crippen LogP contribution in [0.15, 0.2) is 35.7 Å². The number of carbonyl (C=O) groups is 1. The Morgan fingerprint density at radius 1 is 1.30 bits per heavy atom. The SMILES string of the molecule is Cc1nc(CN(C)C(=O)NCC(C)N(C)c2ccccc2)cs1. The van der Waals surface area contributed by atoms with E-state index in [-0.39, 0.29) is 12.1 Å². The molecule has 0 aliphatic rings. The molecule has 23 heavy (non-hydrogen) atoms. The van der Waals surface area contributed by atoms with Crippen LogP contribution in [0.25, 0.3) is 0 Å². The molecule has 1 unspecified atom stereocenters. The number of anilines is 1. The van der Waals surface area contributed by atoms with Crippen molar-refractivity contribution in [3.8, 4) is 0 Å². The van der Waals surface area contributed by atoms with Crippen molar-refractivity contribution in [3.63, 3.8) is 0 Å². The first-order valence-electron chi connectivity index (χ1n) is 7.65. The second kappa shape index (κ2) is 7.97. The predicted octanol–water partition coefficient (Wildman–Crippen LogP) is 3.12. The molecule has 124 valence electrons. The van der Waals surface area contributed by atoms with Gasteiger partial charge in [0.1, 0.15) is 0 Å². The minimum atomic E-state index is -0.0797. The second-order valence-electron chi connectivity index (χ2n) is 5.70. The van der Waals surface area contributed by atoms with Gasteiger partial charge >= 0.3 is 6.03 Å². The monoisotopic (exact) mass is 332 g/mol. The Labute approximate surface area is 141 Å². The largest absolute Gasteiger partial charge is 0.370 e. The minimum Gasteiger partial charge on any atom is -0.370 e. The fraction of sp³-hybridized carbons (Fsp3) is 0.412. The molecule has 5 nitrogen and oxygen atoms in total. The van der Waals surface area contributed by atoms with Crippen LogP contribution >= 0.6 is 11.3 Å². The molecule has 1 aromatic carbocycles. The third kappa shape index (κ3) is 4.96. The van der Waals surface area contributed by atoms with Crippen molar-refractivity contribution in [2.45, 2.75) is 26.4 Å². The van der Waals surface area contributed by atoms with Crippen molar-refractivity contribution < 1.29 is 4.79 Å². The molecule has 0 bridgehead atoms. The van der Waals surface area contributed by atoms with Gasteiger partial charge in [0.2, 0.25) is 0 Å². The zero-order chi connectivity index (χ0) is 16.8. The molecule has 1 atom stereocenters. The van der Waals surface area contributed by atoms with E-state index in [0.29, 0.717) is 13.1 Å². The van der Waals surface area contributed by atoms with Gasteiger partial charge in [-0.2, -0.15) is 0 Å². The molecule has 0 fully saturated rings. The van der Waals surface area contributed by atoms with Crippen LogP contribution in [-0.2, 0) is 6.54 Å². The minimum absolute atomic E-state index is 0.0797. The van der Waals surface area contributed by atoms with Gasteiger partial charge in [0, 0.05) is 37.7 Å². The van der Waals surface area contributed by atoms with Crippen LogP contribution in [0.5, 0.6) is 0 Å². The lowest BCUT2D eigenvalue weighted by Gasteiger charge is -2.28. The summed E-state index contributed by atoms with van der Waals surface area (Å²) in [5.74, 6) is 0. The highest BCUT2D eigenvalue weighted by Crippen LogP contribution is 2.14. The second-order valence-corrected chi connectivity index (χ2v) is 6.76. The Bertz CT molecular complexity index is 629. The Kier molecular flexibility index (Phi) is 5.98. The van der Waals surface area contributed by atoms with Crippen molar-refractivity contribution in [1.29, 1.82) is 0 Å². The normalized spacial score (nSPS) is 11.8. The lowest BCUT2D eigenvalue weighted by molar-refractivity contribution is 0.206. The number of rotatable bonds is 6. The third-order valence-corrected chi connectivity index (χ3v) is 4.61.